The first-order chi connectivity index (χ1) is 8.08. The smallest absolute Gasteiger partial charge is 0.255 e. The van der Waals surface area contributed by atoms with Gasteiger partial charge in [0.15, 0.2) is 12.3 Å². The minimum Gasteiger partial charge on any atom is -0.384 e. The van der Waals surface area contributed by atoms with Crippen molar-refractivity contribution in [2.75, 3.05) is 6.54 Å². The summed E-state index contributed by atoms with van der Waals surface area (Å²) in [6.45, 7) is 1.74. The number of hydrogen-bond acceptors (Lipinski definition) is 6. The van der Waals surface area contributed by atoms with Crippen molar-refractivity contribution in [3.8, 4) is 0 Å². The van der Waals surface area contributed by atoms with E-state index in [1.165, 1.54) is 6.92 Å². The third-order valence-electron chi connectivity index (χ3n) is 2.35. The lowest BCUT2D eigenvalue weighted by molar-refractivity contribution is -0.130. The molecule has 92 valence electrons. The second kappa shape index (κ2) is 4.50. The zero-order valence-electron chi connectivity index (χ0n) is 9.17. The maximum atomic E-state index is 11.6. The summed E-state index contributed by atoms with van der Waals surface area (Å²) < 4.78 is 0. The van der Waals surface area contributed by atoms with Crippen LogP contribution in [0, 0.1) is 0 Å². The molecule has 3 atom stereocenters. The van der Waals surface area contributed by atoms with Gasteiger partial charge in [0, 0.05) is 6.21 Å². The largest absolute Gasteiger partial charge is 0.384 e. The van der Waals surface area contributed by atoms with E-state index in [9.17, 15) is 9.59 Å². The molecule has 4 N–H and O–H groups in total. The first-order valence-corrected chi connectivity index (χ1v) is 5.19. The average Bonchev–Trinajstić information content (AvgIpc) is 2.29. The van der Waals surface area contributed by atoms with Crippen molar-refractivity contribution >= 4 is 23.9 Å². The van der Waals surface area contributed by atoms with Crippen molar-refractivity contribution in [1.29, 1.82) is 0 Å². The van der Waals surface area contributed by atoms with E-state index in [0.29, 0.717) is 12.4 Å². The van der Waals surface area contributed by atoms with Crippen LogP contribution in [0.4, 0.5) is 0 Å². The number of amidine groups is 1. The van der Waals surface area contributed by atoms with E-state index < -0.39 is 24.3 Å². The Labute approximate surface area is 97.2 Å². The number of carbonyl (C=O) groups excluding carboxylic acids is 2. The van der Waals surface area contributed by atoms with Crippen molar-refractivity contribution in [3.05, 3.63) is 0 Å². The first-order valence-electron chi connectivity index (χ1n) is 5.19. The van der Waals surface area contributed by atoms with Gasteiger partial charge in [-0.25, -0.2) is 0 Å². The first kappa shape index (κ1) is 11.5. The summed E-state index contributed by atoms with van der Waals surface area (Å²) in [5.74, 6) is -0.498. The quantitative estimate of drug-likeness (QED) is 0.421. The summed E-state index contributed by atoms with van der Waals surface area (Å²) in [4.78, 5) is 31.0. The van der Waals surface area contributed by atoms with Crippen LogP contribution in [0.25, 0.3) is 0 Å². The molecule has 1 saturated heterocycles. The number of aliphatic hydroxyl groups excluding tert-OH is 1. The van der Waals surface area contributed by atoms with Gasteiger partial charge < -0.3 is 21.1 Å². The number of hydrogen-bond donors (Lipinski definition) is 4. The number of nitrogens with one attached hydrogen (secondary N) is 3. The van der Waals surface area contributed by atoms with E-state index in [1.807, 2.05) is 0 Å². The molecule has 3 unspecified atom stereocenters. The Morgan fingerprint density at radius 3 is 3.12 bits per heavy atom. The molecule has 0 aliphatic carbocycles. The number of fused-ring (bicyclic) bond motifs is 1. The summed E-state index contributed by atoms with van der Waals surface area (Å²) >= 11 is 0. The molecular weight excluding hydrogens is 226 g/mol. The highest BCUT2D eigenvalue weighted by Gasteiger charge is 2.34. The van der Waals surface area contributed by atoms with Crippen LogP contribution < -0.4 is 16.0 Å². The van der Waals surface area contributed by atoms with Crippen LogP contribution >= 0.6 is 0 Å². The Morgan fingerprint density at radius 1 is 1.65 bits per heavy atom. The molecular formula is C9H13N5O3. The minimum atomic E-state index is -1.14. The van der Waals surface area contributed by atoms with Crippen LogP contribution in [-0.4, -0.2) is 54.0 Å². The molecule has 0 aromatic rings. The van der Waals surface area contributed by atoms with Crippen molar-refractivity contribution in [3.63, 3.8) is 0 Å². The van der Waals surface area contributed by atoms with Crippen LogP contribution in [-0.2, 0) is 9.59 Å². The third kappa shape index (κ3) is 2.41. The van der Waals surface area contributed by atoms with Gasteiger partial charge in [0.25, 0.3) is 11.8 Å². The number of aliphatic hydroxyl groups is 1. The van der Waals surface area contributed by atoms with E-state index >= 15 is 0 Å². The second-order valence-electron chi connectivity index (χ2n) is 3.73. The van der Waals surface area contributed by atoms with Crippen molar-refractivity contribution in [2.24, 2.45) is 9.98 Å². The Hall–Kier alpha value is -1.96. The van der Waals surface area contributed by atoms with Crippen molar-refractivity contribution in [1.82, 2.24) is 16.0 Å². The van der Waals surface area contributed by atoms with Gasteiger partial charge in [0.1, 0.15) is 11.9 Å². The summed E-state index contributed by atoms with van der Waals surface area (Å²) in [5.41, 5.74) is 0. The molecule has 0 saturated carbocycles. The molecule has 8 nitrogen and oxygen atoms in total. The van der Waals surface area contributed by atoms with E-state index in [-0.39, 0.29) is 5.91 Å². The highest BCUT2D eigenvalue weighted by Crippen LogP contribution is 2.03. The standard InChI is InChI=1S/C9H13N5O3/c1-4(15)7(16)13-9-12-6-5(8(17)14-9)10-2-3-11-6/h2,4-5,9,15H,3H2,1H3,(H,11,12)(H,13,16)(H,14,17). The Bertz CT molecular complexity index is 403. The average molecular weight is 239 g/mol. The molecule has 8 heteroatoms. The second-order valence-corrected chi connectivity index (χ2v) is 3.73. The maximum Gasteiger partial charge on any atom is 0.255 e. The van der Waals surface area contributed by atoms with Crippen LogP contribution in [0.2, 0.25) is 0 Å². The molecule has 0 spiro atoms. The van der Waals surface area contributed by atoms with Crippen molar-refractivity contribution in [2.45, 2.75) is 25.4 Å². The van der Waals surface area contributed by atoms with E-state index in [0.717, 1.165) is 0 Å². The number of carbonyl (C=O) groups is 2. The Kier molecular flexibility index (Phi) is 3.05. The fraction of sp³-hybridized carbons (Fsp3) is 0.556. The van der Waals surface area contributed by atoms with Crippen LogP contribution in [0.15, 0.2) is 9.98 Å². The molecule has 2 aliphatic rings. The molecule has 0 bridgehead atoms. The number of amides is 2. The molecule has 0 aromatic carbocycles. The number of rotatable bonds is 2. The van der Waals surface area contributed by atoms with Gasteiger partial charge in [-0.1, -0.05) is 0 Å². The molecule has 0 aromatic heterocycles. The van der Waals surface area contributed by atoms with Gasteiger partial charge in [-0.05, 0) is 6.92 Å². The molecule has 2 aliphatic heterocycles. The van der Waals surface area contributed by atoms with E-state index in [1.54, 1.807) is 6.21 Å². The highest BCUT2D eigenvalue weighted by atomic mass is 16.3. The Morgan fingerprint density at radius 2 is 2.41 bits per heavy atom. The monoisotopic (exact) mass is 239 g/mol. The molecule has 0 radical (unpaired) electrons. The van der Waals surface area contributed by atoms with Gasteiger partial charge >= 0.3 is 0 Å². The molecule has 17 heavy (non-hydrogen) atoms. The SMILES string of the molecule is CC(O)C(=O)NC1NC(=O)C2N=CCN=C2N1. The lowest BCUT2D eigenvalue weighted by Crippen LogP contribution is -2.68. The van der Waals surface area contributed by atoms with Gasteiger partial charge in [-0.2, -0.15) is 0 Å². The van der Waals surface area contributed by atoms with Crippen molar-refractivity contribution < 1.29 is 14.7 Å². The fourth-order valence-electron chi connectivity index (χ4n) is 1.51. The molecule has 2 amide bonds. The van der Waals surface area contributed by atoms with Crippen LogP contribution in [0.1, 0.15) is 6.92 Å². The Balaban J connectivity index is 2.02. The predicted molar refractivity (Wildman–Crippen MR) is 59.5 cm³/mol. The van der Waals surface area contributed by atoms with Crippen LogP contribution in [0.3, 0.4) is 0 Å². The lowest BCUT2D eigenvalue weighted by Gasteiger charge is -2.32. The number of nitrogens with zero attached hydrogens (tertiary/aromatic N) is 2. The highest BCUT2D eigenvalue weighted by molar-refractivity contribution is 6.11. The summed E-state index contributed by atoms with van der Waals surface area (Å²) in [6, 6.07) is -0.663. The summed E-state index contributed by atoms with van der Waals surface area (Å²) in [6.07, 6.45) is -0.352. The van der Waals surface area contributed by atoms with E-state index in [2.05, 4.69) is 25.9 Å². The van der Waals surface area contributed by atoms with Gasteiger partial charge in [-0.15, -0.1) is 0 Å². The zero-order chi connectivity index (χ0) is 12.4. The van der Waals surface area contributed by atoms with Gasteiger partial charge in [-0.3, -0.25) is 19.6 Å². The van der Waals surface area contributed by atoms with Gasteiger partial charge in [0.05, 0.1) is 6.54 Å². The van der Waals surface area contributed by atoms with Gasteiger partial charge in [0.2, 0.25) is 0 Å². The topological polar surface area (TPSA) is 115 Å². The number of aliphatic imine (C=N–C) groups is 2. The summed E-state index contributed by atoms with van der Waals surface area (Å²) in [5, 5.41) is 16.8. The van der Waals surface area contributed by atoms with Crippen LogP contribution in [0.5, 0.6) is 0 Å². The predicted octanol–water partition coefficient (Wildman–Crippen LogP) is -2.66. The summed E-state index contributed by atoms with van der Waals surface area (Å²) in [7, 11) is 0. The third-order valence-corrected chi connectivity index (χ3v) is 2.35. The normalized spacial score (nSPS) is 28.4. The fourth-order valence-corrected chi connectivity index (χ4v) is 1.51. The molecule has 1 fully saturated rings. The maximum absolute atomic E-state index is 11.6. The minimum absolute atomic E-state index is 0.339. The molecule has 2 rings (SSSR count). The lowest BCUT2D eigenvalue weighted by atomic mass is 10.2. The zero-order valence-corrected chi connectivity index (χ0v) is 9.17. The molecule has 2 heterocycles. The van der Waals surface area contributed by atoms with E-state index in [4.69, 9.17) is 5.11 Å².